The lowest BCUT2D eigenvalue weighted by Gasteiger charge is -2.39. The lowest BCUT2D eigenvalue weighted by Crippen LogP contribution is -2.63. The summed E-state index contributed by atoms with van der Waals surface area (Å²) in [6.07, 6.45) is -8.02. The Hall–Kier alpha value is -2.49. The van der Waals surface area contributed by atoms with Crippen molar-refractivity contribution >= 4 is 31.2 Å². The van der Waals surface area contributed by atoms with E-state index in [0.717, 1.165) is 0 Å². The Kier molecular flexibility index (Phi) is 7.93. The van der Waals surface area contributed by atoms with Gasteiger partial charge in [0.1, 0.15) is 0 Å². The molecule has 0 amide bonds. The Bertz CT molecular complexity index is 1460. The van der Waals surface area contributed by atoms with Crippen molar-refractivity contribution in [2.45, 2.75) is 47.3 Å². The third-order valence-corrected chi connectivity index (χ3v) is 12.0. The summed E-state index contributed by atoms with van der Waals surface area (Å²) in [5, 5.41) is -6.16. The molecule has 1 fully saturated rings. The molecular weight excluding hydrogens is 599 g/mol. The first-order valence-electron chi connectivity index (χ1n) is 11.5. The maximum atomic E-state index is 14.7. The van der Waals surface area contributed by atoms with Crippen molar-refractivity contribution in [1.82, 2.24) is 0 Å². The van der Waals surface area contributed by atoms with E-state index in [0.29, 0.717) is 16.3 Å². The van der Waals surface area contributed by atoms with Gasteiger partial charge in [0.2, 0.25) is 0 Å². The molecule has 15 heteroatoms. The number of ether oxygens (including phenoxy) is 1. The molecule has 1 heterocycles. The van der Waals surface area contributed by atoms with Gasteiger partial charge in [-0.25, -0.2) is 3.63 Å². The molecule has 0 radical (unpaired) electrons. The standard InChI is InChI=1S/C25H21F9O4S2/c26-22(27,24(30,31)32)23(28,29)25(33,34)40(35,36)38-39(21-12-6-10-18-9-4-5-11-20(18)21)14-13-19(16-39)37-15-17-7-2-1-3-8-17/h1-12,19H,13-16H2. The van der Waals surface area contributed by atoms with Crippen LogP contribution in [0.5, 0.6) is 0 Å². The Morgan fingerprint density at radius 1 is 0.775 bits per heavy atom. The summed E-state index contributed by atoms with van der Waals surface area (Å²) in [6.45, 7) is 0.00928. The molecule has 1 aliphatic heterocycles. The van der Waals surface area contributed by atoms with Crippen LogP contribution in [0.15, 0.2) is 77.7 Å². The van der Waals surface area contributed by atoms with Crippen molar-refractivity contribution in [2.75, 3.05) is 11.5 Å². The minimum absolute atomic E-state index is 0.00157. The molecule has 0 saturated carbocycles. The molecule has 1 aliphatic rings. The van der Waals surface area contributed by atoms with Gasteiger partial charge in [-0.05, 0) is 28.8 Å². The van der Waals surface area contributed by atoms with Crippen LogP contribution < -0.4 is 0 Å². The normalized spacial score (nSPS) is 22.8. The summed E-state index contributed by atoms with van der Waals surface area (Å²) in [4.78, 5) is 0.0154. The predicted octanol–water partition coefficient (Wildman–Crippen LogP) is 7.68. The second-order valence-electron chi connectivity index (χ2n) is 9.05. The third kappa shape index (κ3) is 5.16. The van der Waals surface area contributed by atoms with Crippen molar-refractivity contribution in [1.29, 1.82) is 0 Å². The zero-order valence-electron chi connectivity index (χ0n) is 20.2. The molecule has 0 spiro atoms. The molecule has 4 nitrogen and oxygen atoms in total. The second-order valence-corrected chi connectivity index (χ2v) is 13.8. The summed E-state index contributed by atoms with van der Waals surface area (Å²) in [5.74, 6) is -15.5. The van der Waals surface area contributed by atoms with Crippen LogP contribution in [0.2, 0.25) is 0 Å². The highest BCUT2D eigenvalue weighted by molar-refractivity contribution is 8.33. The molecule has 4 rings (SSSR count). The number of benzene rings is 3. The molecule has 220 valence electrons. The predicted molar refractivity (Wildman–Crippen MR) is 130 cm³/mol. The zero-order chi connectivity index (χ0) is 29.6. The van der Waals surface area contributed by atoms with Crippen LogP contribution in [0.25, 0.3) is 10.8 Å². The highest BCUT2D eigenvalue weighted by Gasteiger charge is 2.86. The highest BCUT2D eigenvalue weighted by atomic mass is 32.3. The largest absolute Gasteiger partial charge is 0.460 e. The van der Waals surface area contributed by atoms with Crippen molar-refractivity contribution in [3.05, 3.63) is 78.4 Å². The van der Waals surface area contributed by atoms with E-state index in [4.69, 9.17) is 8.37 Å². The minimum atomic E-state index is -7.39. The van der Waals surface area contributed by atoms with E-state index in [1.54, 1.807) is 48.5 Å². The molecule has 0 aliphatic carbocycles. The molecule has 0 aromatic heterocycles. The highest BCUT2D eigenvalue weighted by Crippen LogP contribution is 2.66. The van der Waals surface area contributed by atoms with Gasteiger partial charge >= 0.3 is 33.4 Å². The molecule has 3 aromatic rings. The molecule has 40 heavy (non-hydrogen) atoms. The van der Waals surface area contributed by atoms with Gasteiger partial charge in [0.15, 0.2) is 0 Å². The van der Waals surface area contributed by atoms with E-state index in [-0.39, 0.29) is 23.7 Å². The first-order chi connectivity index (χ1) is 18.5. The van der Waals surface area contributed by atoms with Gasteiger partial charge in [0.25, 0.3) is 0 Å². The lowest BCUT2D eigenvalue weighted by molar-refractivity contribution is -0.382. The van der Waals surface area contributed by atoms with E-state index in [1.165, 1.54) is 24.3 Å². The Morgan fingerprint density at radius 2 is 1.38 bits per heavy atom. The quantitative estimate of drug-likeness (QED) is 0.231. The van der Waals surface area contributed by atoms with Crippen LogP contribution >= 0.6 is 10.3 Å². The number of halogens is 9. The monoisotopic (exact) mass is 620 g/mol. The van der Waals surface area contributed by atoms with Crippen LogP contribution in [0.1, 0.15) is 12.0 Å². The summed E-state index contributed by atoms with van der Waals surface area (Å²) in [7, 11) is -10.6. The SMILES string of the molecule is O=S(=O)(OS1(c2cccc3ccccc23)CCC(OCc2ccccc2)C1)C(F)(F)C(F)(F)C(F)(F)C(F)(F)F. The number of hydrogen-bond donors (Lipinski definition) is 0. The second kappa shape index (κ2) is 10.4. The molecule has 2 unspecified atom stereocenters. The minimum Gasteiger partial charge on any atom is -0.373 e. The zero-order valence-corrected chi connectivity index (χ0v) is 21.8. The molecule has 2 atom stereocenters. The van der Waals surface area contributed by atoms with Crippen LogP contribution in [0, 0.1) is 0 Å². The van der Waals surface area contributed by atoms with Crippen LogP contribution in [0.3, 0.4) is 0 Å². The van der Waals surface area contributed by atoms with Crippen LogP contribution in [-0.4, -0.2) is 49.3 Å². The van der Waals surface area contributed by atoms with E-state index in [9.17, 15) is 47.9 Å². The number of alkyl halides is 9. The van der Waals surface area contributed by atoms with Gasteiger partial charge in [-0.15, -0.1) is 0 Å². The van der Waals surface area contributed by atoms with Gasteiger partial charge < -0.3 is 4.74 Å². The van der Waals surface area contributed by atoms with Crippen molar-refractivity contribution in [2.24, 2.45) is 0 Å². The van der Waals surface area contributed by atoms with Crippen molar-refractivity contribution < 1.29 is 56.3 Å². The van der Waals surface area contributed by atoms with Gasteiger partial charge in [0.05, 0.1) is 12.7 Å². The molecular formula is C25H21F9O4S2. The van der Waals surface area contributed by atoms with Crippen LogP contribution in [-0.2, 0) is 25.1 Å². The van der Waals surface area contributed by atoms with Gasteiger partial charge in [-0.3, -0.25) is 0 Å². The Labute approximate surface area is 224 Å². The van der Waals surface area contributed by atoms with Crippen molar-refractivity contribution in [3.8, 4) is 0 Å². The molecule has 3 aromatic carbocycles. The smallest absolute Gasteiger partial charge is 0.373 e. The molecule has 0 bridgehead atoms. The van der Waals surface area contributed by atoms with E-state index < -0.39 is 55.6 Å². The fraction of sp³-hybridized carbons (Fsp3) is 0.360. The molecule has 0 N–H and O–H groups in total. The van der Waals surface area contributed by atoms with Gasteiger partial charge in [-0.1, -0.05) is 77.0 Å². The number of rotatable bonds is 9. The fourth-order valence-corrected chi connectivity index (χ4v) is 10.2. The average molecular weight is 621 g/mol. The number of fused-ring (bicyclic) bond motifs is 1. The van der Waals surface area contributed by atoms with E-state index in [2.05, 4.69) is 0 Å². The van der Waals surface area contributed by atoms with Gasteiger partial charge in [-0.2, -0.15) is 47.9 Å². The third-order valence-electron chi connectivity index (χ3n) is 6.35. The average Bonchev–Trinajstić information content (AvgIpc) is 3.29. The van der Waals surface area contributed by atoms with Crippen LogP contribution in [0.4, 0.5) is 39.5 Å². The van der Waals surface area contributed by atoms with E-state index >= 15 is 0 Å². The summed E-state index contributed by atoms with van der Waals surface area (Å²) < 4.78 is 158. The maximum Gasteiger partial charge on any atom is 0.460 e. The summed E-state index contributed by atoms with van der Waals surface area (Å²) >= 11 is 0. The van der Waals surface area contributed by atoms with E-state index in [1.807, 2.05) is 0 Å². The topological polar surface area (TPSA) is 52.6 Å². The first kappa shape index (κ1) is 30.5. The fourth-order valence-electron chi connectivity index (χ4n) is 4.26. The Morgan fingerprint density at radius 3 is 2.02 bits per heavy atom. The maximum absolute atomic E-state index is 14.7. The summed E-state index contributed by atoms with van der Waals surface area (Å²) in [5.41, 5.74) is 0.703. The summed E-state index contributed by atoms with van der Waals surface area (Å²) in [6, 6.07) is 19.1. The molecule has 1 saturated heterocycles. The van der Waals surface area contributed by atoms with Gasteiger partial charge in [0, 0.05) is 16.4 Å². The lowest BCUT2D eigenvalue weighted by atomic mass is 10.1. The first-order valence-corrected chi connectivity index (χ1v) is 14.8. The number of hydrogen-bond acceptors (Lipinski definition) is 4. The van der Waals surface area contributed by atoms with Crippen molar-refractivity contribution in [3.63, 3.8) is 0 Å². The Balaban J connectivity index is 1.76.